The molecule has 2 aromatic heterocycles. The van der Waals surface area contributed by atoms with Crippen molar-refractivity contribution >= 4 is 22.8 Å². The Morgan fingerprint density at radius 1 is 1.52 bits per heavy atom. The smallest absolute Gasteiger partial charge is 0.333 e. The quantitative estimate of drug-likeness (QED) is 0.679. The molecule has 0 amide bonds. The highest BCUT2D eigenvalue weighted by atomic mass is 32.1. The minimum atomic E-state index is -0.356. The molecule has 1 aliphatic carbocycles. The molecule has 2 aromatic rings. The van der Waals surface area contributed by atoms with Crippen molar-refractivity contribution < 1.29 is 4.92 Å². The molecule has 0 bridgehead atoms. The van der Waals surface area contributed by atoms with E-state index in [9.17, 15) is 10.1 Å². The van der Waals surface area contributed by atoms with Crippen LogP contribution in [0.4, 0.5) is 11.5 Å². The van der Waals surface area contributed by atoms with Crippen molar-refractivity contribution in [2.24, 2.45) is 0 Å². The molecule has 6 nitrogen and oxygen atoms in total. The Morgan fingerprint density at radius 2 is 2.33 bits per heavy atom. The number of fused-ring (bicyclic) bond motifs is 1. The summed E-state index contributed by atoms with van der Waals surface area (Å²) in [7, 11) is 0. The first-order valence-corrected chi connectivity index (χ1v) is 7.98. The van der Waals surface area contributed by atoms with Crippen molar-refractivity contribution in [1.82, 2.24) is 9.78 Å². The zero-order chi connectivity index (χ0) is 15.0. The molecule has 7 heteroatoms. The molecular weight excluding hydrogens is 288 g/mol. The minimum absolute atomic E-state index is 0.0842. The van der Waals surface area contributed by atoms with Crippen molar-refractivity contribution in [3.63, 3.8) is 0 Å². The lowest BCUT2D eigenvalue weighted by Gasteiger charge is -2.06. The van der Waals surface area contributed by atoms with Crippen molar-refractivity contribution in [3.8, 4) is 0 Å². The van der Waals surface area contributed by atoms with Crippen molar-refractivity contribution in [2.75, 3.05) is 5.32 Å². The fraction of sp³-hybridized carbons (Fsp3) is 0.500. The number of thiophene rings is 1. The highest BCUT2D eigenvalue weighted by molar-refractivity contribution is 7.12. The second-order valence-corrected chi connectivity index (χ2v) is 6.45. The van der Waals surface area contributed by atoms with Gasteiger partial charge in [-0.25, -0.2) is 4.68 Å². The number of aromatic nitrogens is 2. The van der Waals surface area contributed by atoms with Gasteiger partial charge in [-0.05, 0) is 44.7 Å². The second kappa shape index (κ2) is 5.48. The average molecular weight is 306 g/mol. The van der Waals surface area contributed by atoms with E-state index in [1.165, 1.54) is 28.2 Å². The molecule has 2 heterocycles. The molecule has 21 heavy (non-hydrogen) atoms. The number of nitrogens with zero attached hydrogens (tertiary/aromatic N) is 3. The van der Waals surface area contributed by atoms with Gasteiger partial charge in [0.05, 0.1) is 11.5 Å². The second-order valence-electron chi connectivity index (χ2n) is 5.22. The maximum atomic E-state index is 11.2. The summed E-state index contributed by atoms with van der Waals surface area (Å²) in [5.41, 5.74) is 1.99. The van der Waals surface area contributed by atoms with Gasteiger partial charge in [-0.2, -0.15) is 5.10 Å². The van der Waals surface area contributed by atoms with Crippen LogP contribution in [0.1, 0.15) is 34.4 Å². The Morgan fingerprint density at radius 3 is 3.00 bits per heavy atom. The average Bonchev–Trinajstić information content (AvgIpc) is 3.07. The van der Waals surface area contributed by atoms with E-state index in [4.69, 9.17) is 0 Å². The van der Waals surface area contributed by atoms with Crippen LogP contribution in [0.5, 0.6) is 0 Å². The van der Waals surface area contributed by atoms with Gasteiger partial charge in [0, 0.05) is 16.3 Å². The molecule has 0 aliphatic heterocycles. The third-order valence-electron chi connectivity index (χ3n) is 3.81. The van der Waals surface area contributed by atoms with Gasteiger partial charge in [-0.3, -0.25) is 10.1 Å². The third kappa shape index (κ3) is 2.53. The molecule has 0 spiro atoms. The van der Waals surface area contributed by atoms with Gasteiger partial charge in [0.1, 0.15) is 5.69 Å². The summed E-state index contributed by atoms with van der Waals surface area (Å²) in [6.45, 7) is 4.83. The number of nitro groups is 1. The van der Waals surface area contributed by atoms with Gasteiger partial charge in [0.25, 0.3) is 0 Å². The van der Waals surface area contributed by atoms with Crippen LogP contribution in [0.3, 0.4) is 0 Å². The fourth-order valence-corrected chi connectivity index (χ4v) is 4.04. The molecule has 1 N–H and O–H groups in total. The van der Waals surface area contributed by atoms with E-state index in [-0.39, 0.29) is 10.6 Å². The molecule has 0 atom stereocenters. The first kappa shape index (κ1) is 14.1. The summed E-state index contributed by atoms with van der Waals surface area (Å²) in [5, 5.41) is 18.6. The number of rotatable bonds is 5. The van der Waals surface area contributed by atoms with E-state index in [1.54, 1.807) is 11.6 Å². The molecule has 1 aliphatic rings. The summed E-state index contributed by atoms with van der Waals surface area (Å²) in [4.78, 5) is 13.6. The van der Waals surface area contributed by atoms with Crippen molar-refractivity contribution in [3.05, 3.63) is 37.2 Å². The summed E-state index contributed by atoms with van der Waals surface area (Å²) in [6.07, 6.45) is 3.59. The SMILES string of the molecule is CCn1nc(C)c([N+](=O)[O-])c1NCc1cc2c(s1)CCC2. The van der Waals surface area contributed by atoms with Crippen molar-refractivity contribution in [1.29, 1.82) is 0 Å². The first-order chi connectivity index (χ1) is 10.1. The molecule has 0 saturated carbocycles. The van der Waals surface area contributed by atoms with E-state index >= 15 is 0 Å². The van der Waals surface area contributed by atoms with E-state index in [1.807, 2.05) is 18.3 Å². The third-order valence-corrected chi connectivity index (χ3v) is 5.04. The van der Waals surface area contributed by atoms with E-state index in [0.717, 1.165) is 6.42 Å². The summed E-state index contributed by atoms with van der Waals surface area (Å²) in [6, 6.07) is 2.23. The van der Waals surface area contributed by atoms with Crippen LogP contribution < -0.4 is 5.32 Å². The van der Waals surface area contributed by atoms with Gasteiger partial charge in [0.15, 0.2) is 0 Å². The Bertz CT molecular complexity index is 668. The minimum Gasteiger partial charge on any atom is -0.360 e. The highest BCUT2D eigenvalue weighted by Gasteiger charge is 2.25. The maximum Gasteiger partial charge on any atom is 0.333 e. The number of aryl methyl sites for hydroxylation is 4. The normalized spacial score (nSPS) is 13.4. The summed E-state index contributed by atoms with van der Waals surface area (Å²) >= 11 is 1.81. The lowest BCUT2D eigenvalue weighted by Crippen LogP contribution is -2.07. The van der Waals surface area contributed by atoms with Crippen LogP contribution in [0.25, 0.3) is 0 Å². The summed E-state index contributed by atoms with van der Waals surface area (Å²) in [5.74, 6) is 0.508. The molecule has 0 radical (unpaired) electrons. The van der Waals surface area contributed by atoms with Crippen LogP contribution in [-0.4, -0.2) is 14.7 Å². The number of nitrogens with one attached hydrogen (secondary N) is 1. The number of hydrogen-bond acceptors (Lipinski definition) is 5. The number of hydrogen-bond donors (Lipinski definition) is 1. The van der Waals surface area contributed by atoms with Crippen molar-refractivity contribution in [2.45, 2.75) is 46.2 Å². The Balaban J connectivity index is 1.82. The number of anilines is 1. The lowest BCUT2D eigenvalue weighted by molar-refractivity contribution is -0.384. The molecule has 3 rings (SSSR count). The van der Waals surface area contributed by atoms with Gasteiger partial charge >= 0.3 is 5.69 Å². The first-order valence-electron chi connectivity index (χ1n) is 7.16. The zero-order valence-electron chi connectivity index (χ0n) is 12.2. The predicted molar refractivity (Wildman–Crippen MR) is 83.0 cm³/mol. The molecule has 0 fully saturated rings. The standard InChI is InChI=1S/C14H18N4O2S/c1-3-17-14(13(18(19)20)9(2)16-17)15-8-11-7-10-5-4-6-12(10)21-11/h7,15H,3-6,8H2,1-2H3. The van der Waals surface area contributed by atoms with Gasteiger partial charge in [-0.1, -0.05) is 0 Å². The van der Waals surface area contributed by atoms with E-state index in [0.29, 0.717) is 24.6 Å². The molecule has 0 aromatic carbocycles. The maximum absolute atomic E-state index is 11.2. The van der Waals surface area contributed by atoms with Gasteiger partial charge < -0.3 is 5.32 Å². The molecule has 0 unspecified atom stereocenters. The fourth-order valence-electron chi connectivity index (χ4n) is 2.84. The Hall–Kier alpha value is -1.89. The molecule has 112 valence electrons. The van der Waals surface area contributed by atoms with Crippen LogP contribution in [0.15, 0.2) is 6.07 Å². The molecular formula is C14H18N4O2S. The predicted octanol–water partition coefficient (Wildman–Crippen LogP) is 3.28. The Kier molecular flexibility index (Phi) is 3.67. The van der Waals surface area contributed by atoms with Gasteiger partial charge in [0.2, 0.25) is 5.82 Å². The Labute approximate surface area is 126 Å². The lowest BCUT2D eigenvalue weighted by atomic mass is 10.2. The van der Waals surface area contributed by atoms with Gasteiger partial charge in [-0.15, -0.1) is 11.3 Å². The molecule has 0 saturated heterocycles. The van der Waals surface area contributed by atoms with Crippen LogP contribution in [0.2, 0.25) is 0 Å². The van der Waals surface area contributed by atoms with Crippen LogP contribution in [-0.2, 0) is 25.9 Å². The zero-order valence-corrected chi connectivity index (χ0v) is 13.0. The van der Waals surface area contributed by atoms with Crippen LogP contribution in [0, 0.1) is 17.0 Å². The van der Waals surface area contributed by atoms with Crippen LogP contribution >= 0.6 is 11.3 Å². The largest absolute Gasteiger partial charge is 0.360 e. The summed E-state index contributed by atoms with van der Waals surface area (Å²) < 4.78 is 1.66. The van der Waals surface area contributed by atoms with E-state index < -0.39 is 0 Å². The monoisotopic (exact) mass is 306 g/mol. The van der Waals surface area contributed by atoms with E-state index in [2.05, 4.69) is 16.5 Å². The topological polar surface area (TPSA) is 73.0 Å². The highest BCUT2D eigenvalue weighted by Crippen LogP contribution is 2.32.